The molecule has 0 fully saturated rings. The minimum absolute atomic E-state index is 0.229. The number of thiazole rings is 1. The first-order valence-electron chi connectivity index (χ1n) is 7.91. The molecule has 4 rings (SSSR count). The Morgan fingerprint density at radius 2 is 1.88 bits per heavy atom. The normalized spacial score (nSPS) is 15.0. The van der Waals surface area contributed by atoms with Crippen LogP contribution in [0.2, 0.25) is 0 Å². The highest BCUT2D eigenvalue weighted by atomic mass is 32.1. The van der Waals surface area contributed by atoms with E-state index < -0.39 is 5.97 Å². The first kappa shape index (κ1) is 16.2. The van der Waals surface area contributed by atoms with Gasteiger partial charge in [-0.15, -0.1) is 11.3 Å². The Labute approximate surface area is 154 Å². The zero-order chi connectivity index (χ0) is 17.9. The lowest BCUT2D eigenvalue weighted by molar-refractivity contribution is -0.129. The Bertz CT molecular complexity index is 1020. The van der Waals surface area contributed by atoms with Gasteiger partial charge in [0, 0.05) is 16.5 Å². The second-order valence-corrected chi connectivity index (χ2v) is 6.37. The van der Waals surface area contributed by atoms with Crippen molar-refractivity contribution in [3.63, 3.8) is 0 Å². The number of aliphatic imine (C=N–C) groups is 1. The molecule has 26 heavy (non-hydrogen) atoms. The molecule has 0 saturated carbocycles. The maximum atomic E-state index is 12.1. The number of esters is 1. The van der Waals surface area contributed by atoms with E-state index in [2.05, 4.69) is 9.98 Å². The zero-order valence-electron chi connectivity index (χ0n) is 13.9. The Balaban J connectivity index is 1.62. The summed E-state index contributed by atoms with van der Waals surface area (Å²) in [7, 11) is 1.58. The molecule has 0 unspecified atom stereocenters. The predicted molar refractivity (Wildman–Crippen MR) is 101 cm³/mol. The Morgan fingerprint density at radius 3 is 2.69 bits per heavy atom. The highest BCUT2D eigenvalue weighted by Gasteiger charge is 2.24. The molecule has 0 N–H and O–H groups in total. The van der Waals surface area contributed by atoms with Crippen LogP contribution < -0.4 is 4.74 Å². The van der Waals surface area contributed by atoms with E-state index >= 15 is 0 Å². The number of hydrogen-bond acceptors (Lipinski definition) is 6. The van der Waals surface area contributed by atoms with Crippen molar-refractivity contribution in [3.05, 3.63) is 76.9 Å². The molecule has 5 nitrogen and oxygen atoms in total. The molecule has 0 spiro atoms. The van der Waals surface area contributed by atoms with Gasteiger partial charge in [0.15, 0.2) is 5.70 Å². The zero-order valence-corrected chi connectivity index (χ0v) is 14.7. The topological polar surface area (TPSA) is 60.8 Å². The van der Waals surface area contributed by atoms with Crippen LogP contribution in [0.4, 0.5) is 0 Å². The van der Waals surface area contributed by atoms with Crippen LogP contribution in [0.15, 0.2) is 70.7 Å². The lowest BCUT2D eigenvalue weighted by Crippen LogP contribution is -2.05. The fourth-order valence-corrected chi connectivity index (χ4v) is 3.28. The van der Waals surface area contributed by atoms with Crippen molar-refractivity contribution in [2.75, 3.05) is 7.11 Å². The van der Waals surface area contributed by atoms with Crippen LogP contribution in [-0.2, 0) is 9.53 Å². The van der Waals surface area contributed by atoms with E-state index in [-0.39, 0.29) is 11.6 Å². The van der Waals surface area contributed by atoms with Crippen LogP contribution >= 0.6 is 11.3 Å². The molecular formula is C20H14N2O3S. The van der Waals surface area contributed by atoms with Gasteiger partial charge in [-0.25, -0.2) is 14.8 Å². The van der Waals surface area contributed by atoms with E-state index in [4.69, 9.17) is 9.47 Å². The summed E-state index contributed by atoms with van der Waals surface area (Å²) in [5.41, 5.74) is 2.63. The largest absolute Gasteiger partial charge is 0.497 e. The first-order chi connectivity index (χ1) is 12.7. The lowest BCUT2D eigenvalue weighted by Gasteiger charge is -2.02. The van der Waals surface area contributed by atoms with Crippen molar-refractivity contribution in [1.29, 1.82) is 0 Å². The van der Waals surface area contributed by atoms with Gasteiger partial charge < -0.3 is 9.47 Å². The maximum absolute atomic E-state index is 12.1. The van der Waals surface area contributed by atoms with Crippen molar-refractivity contribution in [3.8, 4) is 16.3 Å². The summed E-state index contributed by atoms with van der Waals surface area (Å²) >= 11 is 1.52. The van der Waals surface area contributed by atoms with E-state index in [1.807, 2.05) is 53.9 Å². The molecule has 0 amide bonds. The summed E-state index contributed by atoms with van der Waals surface area (Å²) in [6.45, 7) is 0. The number of aromatic nitrogens is 1. The van der Waals surface area contributed by atoms with Crippen LogP contribution in [0.5, 0.6) is 5.75 Å². The average molecular weight is 362 g/mol. The minimum atomic E-state index is -0.489. The molecule has 0 aliphatic carbocycles. The van der Waals surface area contributed by atoms with Crippen LogP contribution in [0.1, 0.15) is 11.3 Å². The molecule has 0 bridgehead atoms. The van der Waals surface area contributed by atoms with Crippen LogP contribution in [-0.4, -0.2) is 24.0 Å². The lowest BCUT2D eigenvalue weighted by atomic mass is 10.2. The number of cyclic esters (lactones) is 1. The minimum Gasteiger partial charge on any atom is -0.497 e. The molecule has 0 atom stereocenters. The van der Waals surface area contributed by atoms with E-state index in [0.717, 1.165) is 10.6 Å². The summed E-state index contributed by atoms with van der Waals surface area (Å²) in [6.07, 6.45) is 1.64. The molecule has 3 aromatic rings. The van der Waals surface area contributed by atoms with E-state index in [9.17, 15) is 4.79 Å². The fraction of sp³-hybridized carbons (Fsp3) is 0.0500. The van der Waals surface area contributed by atoms with Gasteiger partial charge in [-0.3, -0.25) is 0 Å². The molecule has 1 aliphatic rings. The molecule has 2 aromatic carbocycles. The molecule has 6 heteroatoms. The number of rotatable bonds is 4. The summed E-state index contributed by atoms with van der Waals surface area (Å²) < 4.78 is 10.5. The molecule has 0 saturated heterocycles. The summed E-state index contributed by atoms with van der Waals surface area (Å²) in [6, 6.07) is 17.1. The molecule has 0 radical (unpaired) electrons. The first-order valence-corrected chi connectivity index (χ1v) is 8.79. The number of carbonyl (C=O) groups is 1. The maximum Gasteiger partial charge on any atom is 0.363 e. The van der Waals surface area contributed by atoms with E-state index in [0.29, 0.717) is 17.0 Å². The standard InChI is InChI=1S/C20H14N2O3S/c1-24-16-9-5-8-14(10-16)18-22-17(20(23)25-18)11-15-12-26-19(21-15)13-6-3-2-4-7-13/h2-12H,1H3/b17-11-. The van der Waals surface area contributed by atoms with Gasteiger partial charge in [0.1, 0.15) is 10.8 Å². The second-order valence-electron chi connectivity index (χ2n) is 5.51. The van der Waals surface area contributed by atoms with Crippen molar-refractivity contribution in [2.45, 2.75) is 0 Å². The van der Waals surface area contributed by atoms with E-state index in [1.165, 1.54) is 11.3 Å². The van der Waals surface area contributed by atoms with Gasteiger partial charge in [-0.1, -0.05) is 36.4 Å². The highest BCUT2D eigenvalue weighted by molar-refractivity contribution is 7.13. The van der Waals surface area contributed by atoms with Gasteiger partial charge >= 0.3 is 5.97 Å². The van der Waals surface area contributed by atoms with Gasteiger partial charge in [-0.05, 0) is 24.3 Å². The smallest absolute Gasteiger partial charge is 0.363 e. The number of carbonyl (C=O) groups excluding carboxylic acids is 1. The van der Waals surface area contributed by atoms with Crippen LogP contribution in [0.3, 0.4) is 0 Å². The molecule has 1 aromatic heterocycles. The second kappa shape index (κ2) is 6.93. The Kier molecular flexibility index (Phi) is 4.33. The van der Waals surface area contributed by atoms with E-state index in [1.54, 1.807) is 19.3 Å². The van der Waals surface area contributed by atoms with Crippen LogP contribution in [0.25, 0.3) is 16.6 Å². The third-order valence-electron chi connectivity index (χ3n) is 3.76. The van der Waals surface area contributed by atoms with Crippen molar-refractivity contribution < 1.29 is 14.3 Å². The van der Waals surface area contributed by atoms with Crippen molar-refractivity contribution in [1.82, 2.24) is 4.98 Å². The highest BCUT2D eigenvalue weighted by Crippen LogP contribution is 2.26. The van der Waals surface area contributed by atoms with Gasteiger partial charge in [0.05, 0.1) is 12.8 Å². The summed E-state index contributed by atoms with van der Waals surface area (Å²) in [4.78, 5) is 21.0. The summed E-state index contributed by atoms with van der Waals surface area (Å²) in [5, 5.41) is 2.78. The quantitative estimate of drug-likeness (QED) is 0.516. The van der Waals surface area contributed by atoms with Gasteiger partial charge in [0.25, 0.3) is 0 Å². The molecular weight excluding hydrogens is 348 g/mol. The Morgan fingerprint density at radius 1 is 1.08 bits per heavy atom. The number of hydrogen-bond donors (Lipinski definition) is 0. The predicted octanol–water partition coefficient (Wildman–Crippen LogP) is 4.16. The third-order valence-corrected chi connectivity index (χ3v) is 4.67. The monoisotopic (exact) mass is 362 g/mol. The number of benzene rings is 2. The van der Waals surface area contributed by atoms with Crippen molar-refractivity contribution in [2.24, 2.45) is 4.99 Å². The molecule has 128 valence electrons. The summed E-state index contributed by atoms with van der Waals surface area (Å²) in [5.74, 6) is 0.446. The molecule has 2 heterocycles. The van der Waals surface area contributed by atoms with Crippen molar-refractivity contribution >= 4 is 29.3 Å². The average Bonchev–Trinajstić information content (AvgIpc) is 3.30. The van der Waals surface area contributed by atoms with Gasteiger partial charge in [0.2, 0.25) is 5.90 Å². The Hall–Kier alpha value is -3.25. The number of nitrogens with zero attached hydrogens (tertiary/aromatic N) is 2. The van der Waals surface area contributed by atoms with Crippen LogP contribution in [0, 0.1) is 0 Å². The number of ether oxygens (including phenoxy) is 2. The molecule has 1 aliphatic heterocycles. The SMILES string of the molecule is COc1cccc(C2=N/C(=C\c3csc(-c4ccccc4)n3)C(=O)O2)c1. The van der Waals surface area contributed by atoms with Gasteiger partial charge in [-0.2, -0.15) is 0 Å². The third kappa shape index (κ3) is 3.27. The number of methoxy groups -OCH3 is 1. The fourth-order valence-electron chi connectivity index (χ4n) is 2.49.